The second kappa shape index (κ2) is 10.3. The molecule has 0 aliphatic carbocycles. The normalized spacial score (nSPS) is 10.6. The largest absolute Gasteiger partial charge is 0.496 e. The van der Waals surface area contributed by atoms with E-state index in [1.807, 2.05) is 48.5 Å². The summed E-state index contributed by atoms with van der Waals surface area (Å²) in [5.74, 6) is 3.44. The van der Waals surface area contributed by atoms with Gasteiger partial charge in [0, 0.05) is 41.2 Å². The van der Waals surface area contributed by atoms with Crippen LogP contribution in [0.1, 0.15) is 5.56 Å². The van der Waals surface area contributed by atoms with Crippen molar-refractivity contribution in [1.29, 1.82) is 0 Å². The Hall–Kier alpha value is -4.06. The first kappa shape index (κ1) is 23.1. The summed E-state index contributed by atoms with van der Waals surface area (Å²) in [5.41, 5.74) is 5.13. The lowest BCUT2D eigenvalue weighted by molar-refractivity contribution is 0.323. The highest BCUT2D eigenvalue weighted by Crippen LogP contribution is 2.42. The molecule has 1 aromatic heterocycles. The molecule has 0 N–H and O–H groups in total. The molecule has 3 aromatic carbocycles. The van der Waals surface area contributed by atoms with Gasteiger partial charge in [-0.15, -0.1) is 0 Å². The quantitative estimate of drug-likeness (QED) is 0.311. The lowest BCUT2D eigenvalue weighted by Gasteiger charge is -2.14. The fourth-order valence-electron chi connectivity index (χ4n) is 4.20. The number of aromatic nitrogens is 1. The molecule has 0 saturated heterocycles. The van der Waals surface area contributed by atoms with E-state index in [4.69, 9.17) is 23.7 Å². The Balaban J connectivity index is 1.85. The Labute approximate surface area is 200 Å². The highest BCUT2D eigenvalue weighted by Gasteiger charge is 2.19. The monoisotopic (exact) mass is 459 g/mol. The minimum absolute atomic E-state index is 0.575. The number of nitrogens with zero attached hydrogens (tertiary/aromatic N) is 1. The topological polar surface area (TPSA) is 51.1 Å². The first-order valence-electron chi connectivity index (χ1n) is 10.9. The highest BCUT2D eigenvalue weighted by molar-refractivity contribution is 5.88. The molecule has 4 aromatic rings. The first-order valence-corrected chi connectivity index (χ1v) is 10.9. The summed E-state index contributed by atoms with van der Waals surface area (Å²) in [6.07, 6.45) is 4.26. The summed E-state index contributed by atoms with van der Waals surface area (Å²) in [6, 6.07) is 20.0. The molecule has 4 rings (SSSR count). The highest BCUT2D eigenvalue weighted by atomic mass is 16.5. The maximum atomic E-state index is 5.67. The van der Waals surface area contributed by atoms with E-state index in [2.05, 4.69) is 29.1 Å². The van der Waals surface area contributed by atoms with Crippen LogP contribution in [0, 0.1) is 0 Å². The molecule has 0 radical (unpaired) electrons. The Morgan fingerprint density at radius 1 is 0.529 bits per heavy atom. The van der Waals surface area contributed by atoms with Gasteiger partial charge in [0.15, 0.2) is 11.5 Å². The van der Waals surface area contributed by atoms with E-state index in [-0.39, 0.29) is 0 Å². The van der Waals surface area contributed by atoms with E-state index in [9.17, 15) is 0 Å². The first-order chi connectivity index (χ1) is 16.6. The van der Waals surface area contributed by atoms with Crippen molar-refractivity contribution in [3.63, 3.8) is 0 Å². The average Bonchev–Trinajstić information content (AvgIpc) is 3.31. The van der Waals surface area contributed by atoms with Crippen molar-refractivity contribution in [3.05, 3.63) is 78.6 Å². The zero-order chi connectivity index (χ0) is 24.1. The number of ether oxygens (including phenoxy) is 5. The molecule has 34 heavy (non-hydrogen) atoms. The maximum Gasteiger partial charge on any atom is 0.203 e. The fraction of sp³-hybridized carbons (Fsp3) is 0.214. The summed E-state index contributed by atoms with van der Waals surface area (Å²) in [5, 5.41) is 0. The third kappa shape index (κ3) is 4.39. The van der Waals surface area contributed by atoms with Crippen LogP contribution >= 0.6 is 0 Å². The van der Waals surface area contributed by atoms with Gasteiger partial charge in [-0.1, -0.05) is 36.4 Å². The van der Waals surface area contributed by atoms with Gasteiger partial charge in [0.25, 0.3) is 0 Å². The summed E-state index contributed by atoms with van der Waals surface area (Å²) in [4.78, 5) is 0. The van der Waals surface area contributed by atoms with Crippen molar-refractivity contribution in [3.8, 4) is 51.0 Å². The third-order valence-corrected chi connectivity index (χ3v) is 5.76. The number of para-hydroxylation sites is 2. The molecule has 1 heterocycles. The number of rotatable bonds is 9. The van der Waals surface area contributed by atoms with Crippen LogP contribution in [0.15, 0.2) is 73.1 Å². The molecule has 0 fully saturated rings. The molecule has 0 amide bonds. The van der Waals surface area contributed by atoms with Gasteiger partial charge >= 0.3 is 0 Å². The zero-order valence-corrected chi connectivity index (χ0v) is 20.1. The van der Waals surface area contributed by atoms with Crippen molar-refractivity contribution in [1.82, 2.24) is 4.57 Å². The summed E-state index contributed by atoms with van der Waals surface area (Å²) in [6.45, 7) is 0.605. The fourth-order valence-corrected chi connectivity index (χ4v) is 4.20. The number of hydrogen-bond acceptors (Lipinski definition) is 5. The van der Waals surface area contributed by atoms with Gasteiger partial charge in [0.05, 0.1) is 35.5 Å². The van der Waals surface area contributed by atoms with Crippen molar-refractivity contribution in [2.24, 2.45) is 0 Å². The van der Waals surface area contributed by atoms with Crippen molar-refractivity contribution < 1.29 is 23.7 Å². The predicted octanol–water partition coefficient (Wildman–Crippen LogP) is 5.91. The van der Waals surface area contributed by atoms with Gasteiger partial charge in [0.1, 0.15) is 11.5 Å². The lowest BCUT2D eigenvalue weighted by Crippen LogP contribution is -2.00. The Morgan fingerprint density at radius 2 is 0.971 bits per heavy atom. The van der Waals surface area contributed by atoms with Gasteiger partial charge in [-0.05, 0) is 29.8 Å². The van der Waals surface area contributed by atoms with Crippen LogP contribution < -0.4 is 23.7 Å². The van der Waals surface area contributed by atoms with Crippen molar-refractivity contribution in [2.45, 2.75) is 6.54 Å². The Morgan fingerprint density at radius 3 is 1.38 bits per heavy atom. The van der Waals surface area contributed by atoms with Gasteiger partial charge in [-0.2, -0.15) is 0 Å². The summed E-state index contributed by atoms with van der Waals surface area (Å²) < 4.78 is 30.0. The minimum atomic E-state index is 0.575. The van der Waals surface area contributed by atoms with E-state index in [1.54, 1.807) is 35.5 Å². The Kier molecular flexibility index (Phi) is 6.97. The average molecular weight is 460 g/mol. The molecule has 0 atom stereocenters. The van der Waals surface area contributed by atoms with Crippen LogP contribution in [-0.4, -0.2) is 40.1 Å². The van der Waals surface area contributed by atoms with Crippen LogP contribution in [0.3, 0.4) is 0 Å². The van der Waals surface area contributed by atoms with Crippen LogP contribution in [0.2, 0.25) is 0 Å². The molecule has 0 bridgehead atoms. The van der Waals surface area contributed by atoms with Gasteiger partial charge in [-0.25, -0.2) is 0 Å². The molecule has 6 heteroatoms. The van der Waals surface area contributed by atoms with Crippen LogP contribution in [0.5, 0.6) is 28.7 Å². The number of hydrogen-bond donors (Lipinski definition) is 0. The van der Waals surface area contributed by atoms with Crippen molar-refractivity contribution >= 4 is 0 Å². The molecular formula is C28H29NO5. The van der Waals surface area contributed by atoms with Crippen LogP contribution in [0.25, 0.3) is 22.3 Å². The second-order valence-electron chi connectivity index (χ2n) is 7.69. The lowest BCUT2D eigenvalue weighted by atomic mass is 9.98. The smallest absolute Gasteiger partial charge is 0.203 e. The standard InChI is InChI=1S/C28H29NO5/c1-30-24-12-8-6-10-20(24)22-17-29(18-23(22)21-11-7-9-13-25(21)31-2)16-19-14-26(32-3)28(34-5)27(15-19)33-4/h6-15,17-18H,16H2,1-5H3. The maximum absolute atomic E-state index is 5.67. The zero-order valence-electron chi connectivity index (χ0n) is 20.1. The summed E-state index contributed by atoms with van der Waals surface area (Å²) in [7, 11) is 8.22. The number of benzene rings is 3. The molecular weight excluding hydrogens is 430 g/mol. The second-order valence-corrected chi connectivity index (χ2v) is 7.69. The molecule has 0 spiro atoms. The Bertz CT molecular complexity index is 1190. The number of methoxy groups -OCH3 is 5. The van der Waals surface area contributed by atoms with Crippen LogP contribution in [0.4, 0.5) is 0 Å². The molecule has 0 saturated carbocycles. The molecule has 6 nitrogen and oxygen atoms in total. The third-order valence-electron chi connectivity index (χ3n) is 5.76. The van der Waals surface area contributed by atoms with E-state index in [1.165, 1.54) is 0 Å². The van der Waals surface area contributed by atoms with E-state index >= 15 is 0 Å². The van der Waals surface area contributed by atoms with Gasteiger partial charge in [0.2, 0.25) is 5.75 Å². The van der Waals surface area contributed by atoms with Gasteiger partial charge < -0.3 is 28.3 Å². The molecule has 0 unspecified atom stereocenters. The van der Waals surface area contributed by atoms with Crippen molar-refractivity contribution in [2.75, 3.05) is 35.5 Å². The molecule has 176 valence electrons. The molecule has 0 aliphatic heterocycles. The van der Waals surface area contributed by atoms with Gasteiger partial charge in [-0.3, -0.25) is 0 Å². The predicted molar refractivity (Wildman–Crippen MR) is 134 cm³/mol. The molecule has 0 aliphatic rings. The minimum Gasteiger partial charge on any atom is -0.496 e. The van der Waals surface area contributed by atoms with E-state index in [0.29, 0.717) is 23.8 Å². The van der Waals surface area contributed by atoms with Crippen LogP contribution in [-0.2, 0) is 6.54 Å². The summed E-state index contributed by atoms with van der Waals surface area (Å²) >= 11 is 0. The SMILES string of the molecule is COc1ccccc1-c1cn(Cc2cc(OC)c(OC)c(OC)c2)cc1-c1ccccc1OC. The van der Waals surface area contributed by atoms with E-state index < -0.39 is 0 Å². The van der Waals surface area contributed by atoms with E-state index in [0.717, 1.165) is 39.3 Å².